The first-order valence-corrected chi connectivity index (χ1v) is 8.45. The average Bonchev–Trinajstić information content (AvgIpc) is 2.90. The molecule has 0 unspecified atom stereocenters. The largest absolute Gasteiger partial charge is 0.378 e. The summed E-state index contributed by atoms with van der Waals surface area (Å²) in [6, 6.07) is 1.32. The van der Waals surface area contributed by atoms with Gasteiger partial charge in [-0.15, -0.1) is 0 Å². The summed E-state index contributed by atoms with van der Waals surface area (Å²) in [5.41, 5.74) is 0. The van der Waals surface area contributed by atoms with Gasteiger partial charge in [-0.25, -0.2) is 0 Å². The average molecular weight is 226 g/mol. The van der Waals surface area contributed by atoms with Crippen LogP contribution in [0.3, 0.4) is 0 Å². The molecule has 2 rings (SSSR count). The highest BCUT2D eigenvalue weighted by Crippen LogP contribution is 2.38. The Morgan fingerprint density at radius 2 is 1.40 bits per heavy atom. The standard InChI is InChI=1S/C13H26OSi/c15-10-9-14-13(11-5-1-2-6-11)12-7-3-4-8-12/h11-13H,1-10H2,15H3. The summed E-state index contributed by atoms with van der Waals surface area (Å²) in [4.78, 5) is 0. The lowest BCUT2D eigenvalue weighted by Crippen LogP contribution is -2.29. The summed E-state index contributed by atoms with van der Waals surface area (Å²) in [5, 5.41) is 0. The number of ether oxygens (including phenoxy) is 1. The van der Waals surface area contributed by atoms with Crippen LogP contribution in [0.1, 0.15) is 51.4 Å². The topological polar surface area (TPSA) is 9.23 Å². The molecular weight excluding hydrogens is 200 g/mol. The summed E-state index contributed by atoms with van der Waals surface area (Å²) in [7, 11) is 1.30. The van der Waals surface area contributed by atoms with E-state index in [1.165, 1.54) is 67.7 Å². The second kappa shape index (κ2) is 6.05. The molecule has 0 aromatic rings. The Kier molecular flexibility index (Phi) is 4.70. The molecule has 2 heteroatoms. The number of rotatable bonds is 5. The van der Waals surface area contributed by atoms with Crippen molar-refractivity contribution in [2.24, 2.45) is 11.8 Å². The zero-order valence-electron chi connectivity index (χ0n) is 10.2. The maximum absolute atomic E-state index is 6.19. The van der Waals surface area contributed by atoms with E-state index in [0.717, 1.165) is 18.4 Å². The molecule has 0 heterocycles. The molecule has 0 saturated heterocycles. The Morgan fingerprint density at radius 1 is 0.933 bits per heavy atom. The molecule has 1 nitrogen and oxygen atoms in total. The molecule has 0 atom stereocenters. The van der Waals surface area contributed by atoms with E-state index in [9.17, 15) is 0 Å². The summed E-state index contributed by atoms with van der Waals surface area (Å²) in [6.45, 7) is 1.05. The SMILES string of the molecule is [SiH3]CCOC(C1CCCC1)C1CCCC1. The van der Waals surface area contributed by atoms with Crippen LogP contribution in [0.25, 0.3) is 0 Å². The van der Waals surface area contributed by atoms with Crippen LogP contribution in [0.4, 0.5) is 0 Å². The fourth-order valence-electron chi connectivity index (χ4n) is 3.48. The second-order valence-corrected chi connectivity index (χ2v) is 6.42. The van der Waals surface area contributed by atoms with Crippen molar-refractivity contribution in [2.45, 2.75) is 63.5 Å². The van der Waals surface area contributed by atoms with Crippen LogP contribution in [0.2, 0.25) is 6.04 Å². The van der Waals surface area contributed by atoms with Crippen LogP contribution in [-0.2, 0) is 4.74 Å². The van der Waals surface area contributed by atoms with Gasteiger partial charge in [-0.3, -0.25) is 0 Å². The zero-order chi connectivity index (χ0) is 10.5. The van der Waals surface area contributed by atoms with Gasteiger partial charge in [0.1, 0.15) is 0 Å². The van der Waals surface area contributed by atoms with Gasteiger partial charge >= 0.3 is 0 Å². The summed E-state index contributed by atoms with van der Waals surface area (Å²) in [5.74, 6) is 1.84. The van der Waals surface area contributed by atoms with Gasteiger partial charge in [0, 0.05) is 16.8 Å². The second-order valence-electron chi connectivity index (χ2n) is 5.42. The molecule has 0 aromatic heterocycles. The Hall–Kier alpha value is 0.177. The number of hydrogen-bond donors (Lipinski definition) is 0. The Labute approximate surface area is 97.4 Å². The monoisotopic (exact) mass is 226 g/mol. The minimum Gasteiger partial charge on any atom is -0.378 e. The third kappa shape index (κ3) is 3.07. The third-order valence-electron chi connectivity index (χ3n) is 4.24. The third-order valence-corrected chi connectivity index (χ3v) is 4.65. The van der Waals surface area contributed by atoms with Gasteiger partial charge in [-0.2, -0.15) is 0 Å². The highest BCUT2D eigenvalue weighted by atomic mass is 28.1. The van der Waals surface area contributed by atoms with Crippen molar-refractivity contribution in [1.82, 2.24) is 0 Å². The quantitative estimate of drug-likeness (QED) is 0.655. The lowest BCUT2D eigenvalue weighted by molar-refractivity contribution is -0.0173. The molecule has 0 aliphatic heterocycles. The maximum atomic E-state index is 6.19. The Bertz CT molecular complexity index is 155. The molecule has 0 amide bonds. The normalized spacial score (nSPS) is 24.6. The fraction of sp³-hybridized carbons (Fsp3) is 1.00. The van der Waals surface area contributed by atoms with E-state index < -0.39 is 0 Å². The first kappa shape index (κ1) is 11.7. The minimum absolute atomic E-state index is 0.643. The van der Waals surface area contributed by atoms with E-state index in [1.807, 2.05) is 0 Å². The van der Waals surface area contributed by atoms with E-state index >= 15 is 0 Å². The summed E-state index contributed by atoms with van der Waals surface area (Å²) in [6.07, 6.45) is 12.3. The van der Waals surface area contributed by atoms with Crippen LogP contribution < -0.4 is 0 Å². The molecule has 0 radical (unpaired) electrons. The van der Waals surface area contributed by atoms with Crippen molar-refractivity contribution in [3.63, 3.8) is 0 Å². The lowest BCUT2D eigenvalue weighted by atomic mass is 9.88. The molecule has 88 valence electrons. The summed E-state index contributed by atoms with van der Waals surface area (Å²) >= 11 is 0. The first-order valence-electron chi connectivity index (χ1n) is 7.03. The van der Waals surface area contributed by atoms with Crippen LogP contribution in [0, 0.1) is 11.8 Å². The minimum atomic E-state index is 0.643. The molecule has 2 aliphatic carbocycles. The van der Waals surface area contributed by atoms with Gasteiger partial charge < -0.3 is 4.74 Å². The fourth-order valence-corrected chi connectivity index (χ4v) is 3.72. The van der Waals surface area contributed by atoms with Crippen LogP contribution in [0.15, 0.2) is 0 Å². The van der Waals surface area contributed by atoms with Crippen molar-refractivity contribution in [3.8, 4) is 0 Å². The molecule has 2 fully saturated rings. The zero-order valence-corrected chi connectivity index (χ0v) is 12.2. The molecule has 0 aromatic carbocycles. The van der Waals surface area contributed by atoms with Crippen molar-refractivity contribution in [2.75, 3.05) is 6.61 Å². The van der Waals surface area contributed by atoms with Crippen molar-refractivity contribution in [1.29, 1.82) is 0 Å². The molecule has 0 bridgehead atoms. The van der Waals surface area contributed by atoms with Gasteiger partial charge in [0.2, 0.25) is 0 Å². The number of hydrogen-bond acceptors (Lipinski definition) is 1. The van der Waals surface area contributed by atoms with Crippen LogP contribution in [-0.4, -0.2) is 23.0 Å². The van der Waals surface area contributed by atoms with Crippen LogP contribution >= 0.6 is 0 Å². The van der Waals surface area contributed by atoms with Gasteiger partial charge in [0.15, 0.2) is 0 Å². The maximum Gasteiger partial charge on any atom is 0.0631 e. The summed E-state index contributed by atoms with van der Waals surface area (Å²) < 4.78 is 6.19. The van der Waals surface area contributed by atoms with E-state index in [-0.39, 0.29) is 0 Å². The Balaban J connectivity index is 1.88. The van der Waals surface area contributed by atoms with Crippen LogP contribution in [0.5, 0.6) is 0 Å². The van der Waals surface area contributed by atoms with Gasteiger partial charge in [0.05, 0.1) is 6.10 Å². The molecule has 15 heavy (non-hydrogen) atoms. The molecule has 0 spiro atoms. The van der Waals surface area contributed by atoms with Gasteiger partial charge in [0.25, 0.3) is 0 Å². The van der Waals surface area contributed by atoms with E-state index in [0.29, 0.717) is 6.10 Å². The predicted molar refractivity (Wildman–Crippen MR) is 68.4 cm³/mol. The van der Waals surface area contributed by atoms with Gasteiger partial charge in [-0.1, -0.05) is 25.7 Å². The highest BCUT2D eigenvalue weighted by molar-refractivity contribution is 6.08. The molecule has 2 saturated carbocycles. The molecular formula is C13H26OSi. The highest BCUT2D eigenvalue weighted by Gasteiger charge is 2.33. The van der Waals surface area contributed by atoms with E-state index in [1.54, 1.807) is 0 Å². The van der Waals surface area contributed by atoms with Crippen molar-refractivity contribution in [3.05, 3.63) is 0 Å². The van der Waals surface area contributed by atoms with E-state index in [2.05, 4.69) is 0 Å². The van der Waals surface area contributed by atoms with Crippen molar-refractivity contribution >= 4 is 10.2 Å². The van der Waals surface area contributed by atoms with Gasteiger partial charge in [-0.05, 0) is 43.6 Å². The smallest absolute Gasteiger partial charge is 0.0631 e. The van der Waals surface area contributed by atoms with Crippen molar-refractivity contribution < 1.29 is 4.74 Å². The molecule has 2 aliphatic rings. The molecule has 0 N–H and O–H groups in total. The van der Waals surface area contributed by atoms with E-state index in [4.69, 9.17) is 4.74 Å². The predicted octanol–water partition coefficient (Wildman–Crippen LogP) is 2.54. The Morgan fingerprint density at radius 3 is 1.80 bits per heavy atom. The lowest BCUT2D eigenvalue weighted by Gasteiger charge is -2.29. The first-order chi connectivity index (χ1) is 7.42.